The van der Waals surface area contributed by atoms with E-state index in [0.717, 1.165) is 22.7 Å². The molecule has 2 saturated heterocycles. The normalized spacial score (nSPS) is 27.1. The zero-order valence-corrected chi connectivity index (χ0v) is 31.3. The Morgan fingerprint density at radius 2 is 1.81 bits per heavy atom. The molecule has 7 rings (SSSR count). The molecular weight excluding hydrogens is 651 g/mol. The van der Waals surface area contributed by atoms with Crippen LogP contribution in [0, 0.1) is 24.2 Å². The summed E-state index contributed by atoms with van der Waals surface area (Å²) in [5.74, 6) is 0.376. The molecule has 5 atom stereocenters. The van der Waals surface area contributed by atoms with Crippen molar-refractivity contribution in [1.82, 2.24) is 15.1 Å². The SMILES string of the molecule is Cc1c(C[C@H](Sc2nnc(NC3CN(C(=O)OC(C)(C)C)C3)s2)B2OC3CC4CC(C4(C)C)[C@]3(C)O2)ccc(O)c1C(=O)OC(C)(C)C. The van der Waals surface area contributed by atoms with Crippen molar-refractivity contribution in [3.05, 3.63) is 28.8 Å². The summed E-state index contributed by atoms with van der Waals surface area (Å²) in [4.78, 5) is 27.2. The molecule has 2 aromatic rings. The van der Waals surface area contributed by atoms with E-state index in [-0.39, 0.29) is 45.7 Å². The lowest BCUT2D eigenvalue weighted by atomic mass is 9.43. The van der Waals surface area contributed by atoms with Gasteiger partial charge in [-0.2, -0.15) is 0 Å². The van der Waals surface area contributed by atoms with Gasteiger partial charge in [0.2, 0.25) is 5.13 Å². The Morgan fingerprint density at radius 3 is 2.46 bits per heavy atom. The van der Waals surface area contributed by atoms with E-state index in [1.165, 1.54) is 11.3 Å². The maximum atomic E-state index is 13.2. The van der Waals surface area contributed by atoms with Crippen LogP contribution in [0.25, 0.3) is 0 Å². The third-order valence-corrected chi connectivity index (χ3v) is 12.5. The number of carbonyl (C=O) groups is 2. The fourth-order valence-electron chi connectivity index (χ4n) is 7.68. The van der Waals surface area contributed by atoms with Crippen molar-refractivity contribution < 1.29 is 33.5 Å². The minimum atomic E-state index is -0.701. The summed E-state index contributed by atoms with van der Waals surface area (Å²) in [5, 5.41) is 23.5. The lowest BCUT2D eigenvalue weighted by Gasteiger charge is -2.64. The van der Waals surface area contributed by atoms with Gasteiger partial charge in [-0.3, -0.25) is 0 Å². The fraction of sp³-hybridized carbons (Fsp3) is 0.706. The second-order valence-corrected chi connectivity index (χ2v) is 19.0. The van der Waals surface area contributed by atoms with E-state index in [0.29, 0.717) is 42.0 Å². The number of rotatable bonds is 8. The molecule has 2 bridgehead atoms. The van der Waals surface area contributed by atoms with Crippen molar-refractivity contribution in [3.8, 4) is 5.75 Å². The highest BCUT2D eigenvalue weighted by molar-refractivity contribution is 8.02. The number of ether oxygens (including phenoxy) is 2. The molecule has 262 valence electrons. The summed E-state index contributed by atoms with van der Waals surface area (Å²) >= 11 is 3.01. The first-order valence-corrected chi connectivity index (χ1v) is 18.6. The van der Waals surface area contributed by atoms with E-state index in [4.69, 9.17) is 18.8 Å². The molecule has 5 fully saturated rings. The number of aromatic hydroxyl groups is 1. The Bertz CT molecular complexity index is 1570. The monoisotopic (exact) mass is 700 g/mol. The average molecular weight is 701 g/mol. The number of anilines is 1. The van der Waals surface area contributed by atoms with E-state index >= 15 is 0 Å². The smallest absolute Gasteiger partial charge is 0.472 e. The first-order chi connectivity index (χ1) is 22.2. The second-order valence-electron chi connectivity index (χ2n) is 16.5. The molecule has 0 spiro atoms. The van der Waals surface area contributed by atoms with E-state index in [1.54, 1.807) is 22.7 Å². The molecule has 3 heterocycles. The molecule has 14 heteroatoms. The maximum absolute atomic E-state index is 13.2. The average Bonchev–Trinajstić information content (AvgIpc) is 3.52. The van der Waals surface area contributed by atoms with E-state index in [9.17, 15) is 14.7 Å². The van der Waals surface area contributed by atoms with Crippen molar-refractivity contribution >= 4 is 47.4 Å². The second kappa shape index (κ2) is 12.3. The van der Waals surface area contributed by atoms with Crippen LogP contribution >= 0.6 is 23.1 Å². The number of carbonyl (C=O) groups excluding carboxylic acids is 2. The topological polar surface area (TPSA) is 132 Å². The molecule has 1 aromatic heterocycles. The molecule has 2 aliphatic heterocycles. The number of benzene rings is 1. The Kier molecular flexibility index (Phi) is 9.08. The summed E-state index contributed by atoms with van der Waals surface area (Å²) in [5.41, 5.74) is 0.319. The summed E-state index contributed by atoms with van der Waals surface area (Å²) in [6.45, 7) is 20.8. The quantitative estimate of drug-likeness (QED) is 0.178. The molecule has 3 saturated carbocycles. The Labute approximate surface area is 292 Å². The van der Waals surface area contributed by atoms with Crippen LogP contribution in [0.15, 0.2) is 16.5 Å². The highest BCUT2D eigenvalue weighted by Crippen LogP contribution is 2.66. The molecule has 3 unspecified atom stereocenters. The van der Waals surface area contributed by atoms with E-state index in [1.807, 2.05) is 54.5 Å². The number of esters is 1. The molecular formula is C34H49BN4O7S2. The van der Waals surface area contributed by atoms with Crippen LogP contribution in [0.3, 0.4) is 0 Å². The first kappa shape index (κ1) is 35.3. The number of phenols is 1. The molecule has 1 amide bonds. The molecule has 48 heavy (non-hydrogen) atoms. The third kappa shape index (κ3) is 6.91. The maximum Gasteiger partial charge on any atom is 0.472 e. The van der Waals surface area contributed by atoms with Crippen LogP contribution in [-0.2, 0) is 25.2 Å². The van der Waals surface area contributed by atoms with Crippen molar-refractivity contribution in [2.45, 2.75) is 127 Å². The largest absolute Gasteiger partial charge is 0.507 e. The number of thioether (sulfide) groups is 1. The van der Waals surface area contributed by atoms with Crippen LogP contribution in [0.5, 0.6) is 5.75 Å². The Morgan fingerprint density at radius 1 is 1.12 bits per heavy atom. The number of amides is 1. The number of likely N-dealkylation sites (tertiary alicyclic amines) is 1. The molecule has 3 aliphatic carbocycles. The Balaban J connectivity index is 1.20. The zero-order chi connectivity index (χ0) is 35.0. The molecule has 11 nitrogen and oxygen atoms in total. The third-order valence-electron chi connectivity index (χ3n) is 10.4. The van der Waals surface area contributed by atoms with Crippen molar-refractivity contribution in [2.24, 2.45) is 17.3 Å². The summed E-state index contributed by atoms with van der Waals surface area (Å²) in [6.07, 6.45) is 2.33. The van der Waals surface area contributed by atoms with Gasteiger partial charge in [0, 0.05) is 13.1 Å². The van der Waals surface area contributed by atoms with Gasteiger partial charge in [-0.15, -0.1) is 10.2 Å². The number of nitrogens with one attached hydrogen (secondary N) is 1. The van der Waals surface area contributed by atoms with E-state index in [2.05, 4.69) is 36.3 Å². The lowest BCUT2D eigenvalue weighted by molar-refractivity contribution is -0.199. The van der Waals surface area contributed by atoms with Gasteiger partial charge in [-0.1, -0.05) is 43.0 Å². The number of hydrogen-bond acceptors (Lipinski definition) is 12. The van der Waals surface area contributed by atoms with Gasteiger partial charge in [0.25, 0.3) is 0 Å². The van der Waals surface area contributed by atoms with Crippen LogP contribution in [0.2, 0.25) is 0 Å². The predicted octanol–water partition coefficient (Wildman–Crippen LogP) is 6.51. The molecule has 2 N–H and O–H groups in total. The number of aromatic nitrogens is 2. The predicted molar refractivity (Wildman–Crippen MR) is 187 cm³/mol. The minimum Gasteiger partial charge on any atom is -0.507 e. The summed E-state index contributed by atoms with van der Waals surface area (Å²) < 4.78 is 25.5. The highest BCUT2D eigenvalue weighted by Gasteiger charge is 2.68. The number of hydrogen-bond donors (Lipinski definition) is 2. The summed E-state index contributed by atoms with van der Waals surface area (Å²) in [7, 11) is -0.507. The van der Waals surface area contributed by atoms with E-state index < -0.39 is 24.3 Å². The van der Waals surface area contributed by atoms with Gasteiger partial charge in [0.15, 0.2) is 4.34 Å². The molecule has 0 radical (unpaired) electrons. The van der Waals surface area contributed by atoms with Gasteiger partial charge < -0.3 is 34.1 Å². The van der Waals surface area contributed by atoms with Gasteiger partial charge in [0.1, 0.15) is 22.5 Å². The number of nitrogens with zero attached hydrogens (tertiary/aromatic N) is 3. The standard InChI is InChI=1S/C34H49BN4O7S2/c1-18-19(11-12-22(40)26(18)27(41)43-31(2,3)4)13-25(35-45-24-15-20-14-23(33(20,8)9)34(24,10)46-35)47-29-38-37-28(48-29)36-21-16-39(17-21)30(42)44-32(5,6)7/h11-12,20-21,23-25,40H,13-17H2,1-10H3,(H,36,37)/t20?,23?,24?,25-,34-/m0/s1. The van der Waals surface area contributed by atoms with Gasteiger partial charge >= 0.3 is 19.2 Å². The highest BCUT2D eigenvalue weighted by atomic mass is 32.2. The van der Waals surface area contributed by atoms with Crippen LogP contribution in [-0.4, -0.2) is 86.6 Å². The van der Waals surface area contributed by atoms with Crippen LogP contribution in [0.4, 0.5) is 9.93 Å². The zero-order valence-electron chi connectivity index (χ0n) is 29.7. The first-order valence-electron chi connectivity index (χ1n) is 16.9. The van der Waals surface area contributed by atoms with Crippen LogP contribution in [0.1, 0.15) is 96.6 Å². The molecule has 5 aliphatic rings. The van der Waals surface area contributed by atoms with Gasteiger partial charge in [0.05, 0.1) is 22.9 Å². The Hall–Kier alpha value is -2.55. The van der Waals surface area contributed by atoms with Gasteiger partial charge in [-0.25, -0.2) is 9.59 Å². The van der Waals surface area contributed by atoms with Crippen LogP contribution < -0.4 is 5.32 Å². The van der Waals surface area contributed by atoms with Crippen molar-refractivity contribution in [3.63, 3.8) is 0 Å². The lowest BCUT2D eigenvalue weighted by Crippen LogP contribution is -2.65. The fourth-order valence-corrected chi connectivity index (χ4v) is 9.88. The summed E-state index contributed by atoms with van der Waals surface area (Å²) in [6, 6.07) is 3.48. The van der Waals surface area contributed by atoms with Crippen molar-refractivity contribution in [1.29, 1.82) is 0 Å². The molecule has 1 aromatic carbocycles. The number of phenolic OH excluding ortho intramolecular Hbond substituents is 1. The van der Waals surface area contributed by atoms with Crippen molar-refractivity contribution in [2.75, 3.05) is 18.4 Å². The minimum absolute atomic E-state index is 0.0128. The van der Waals surface area contributed by atoms with Gasteiger partial charge in [-0.05, 0) is 109 Å².